The van der Waals surface area contributed by atoms with E-state index >= 15 is 0 Å². The molecule has 4 nitrogen and oxygen atoms in total. The second kappa shape index (κ2) is 15.1. The van der Waals surface area contributed by atoms with Crippen molar-refractivity contribution in [3.8, 4) is 39.3 Å². The minimum atomic E-state index is -0.129. The summed E-state index contributed by atoms with van der Waals surface area (Å²) < 4.78 is 7.22. The van der Waals surface area contributed by atoms with Gasteiger partial charge in [0.05, 0.1) is 27.6 Å². The highest BCUT2D eigenvalue weighted by Gasteiger charge is 2.36. The van der Waals surface area contributed by atoms with Gasteiger partial charge in [0.25, 0.3) is 0 Å². The van der Waals surface area contributed by atoms with Gasteiger partial charge in [0.15, 0.2) is 0 Å². The molecule has 69 heavy (non-hydrogen) atoms. The Bertz CT molecular complexity index is 4120. The van der Waals surface area contributed by atoms with Crippen LogP contribution in [0.25, 0.3) is 93.8 Å². The molecule has 0 radical (unpaired) electrons. The first-order valence-corrected chi connectivity index (χ1v) is 23.9. The summed E-state index contributed by atoms with van der Waals surface area (Å²) in [6, 6.07) is 87.0. The summed E-state index contributed by atoms with van der Waals surface area (Å²) in [5.74, 6) is 0. The Balaban J connectivity index is 0.979. The number of rotatable bonds is 7. The summed E-state index contributed by atoms with van der Waals surface area (Å²) >= 11 is 0. The van der Waals surface area contributed by atoms with Crippen LogP contribution < -0.4 is 4.90 Å². The summed E-state index contributed by atoms with van der Waals surface area (Å²) in [5, 5.41) is 6.12. The van der Waals surface area contributed by atoms with Crippen LogP contribution in [0.1, 0.15) is 25.0 Å². The van der Waals surface area contributed by atoms with E-state index in [1.165, 1.54) is 82.4 Å². The molecule has 3 heterocycles. The van der Waals surface area contributed by atoms with Crippen LogP contribution in [-0.4, -0.2) is 13.7 Å². The Morgan fingerprint density at radius 3 is 1.59 bits per heavy atom. The molecule has 13 aromatic rings. The summed E-state index contributed by atoms with van der Waals surface area (Å²) in [6.07, 6.45) is 2.20. The first kappa shape index (κ1) is 39.3. The number of nitrogens with zero attached hydrogens (tertiary/aromatic N) is 4. The Hall–Kier alpha value is -8.86. The molecule has 0 atom stereocenters. The van der Waals surface area contributed by atoms with Crippen LogP contribution in [-0.2, 0) is 5.41 Å². The van der Waals surface area contributed by atoms with E-state index < -0.39 is 0 Å². The van der Waals surface area contributed by atoms with Crippen molar-refractivity contribution < 1.29 is 0 Å². The van der Waals surface area contributed by atoms with Gasteiger partial charge in [-0.1, -0.05) is 141 Å². The average Bonchev–Trinajstić information content (AvgIpc) is 4.13. The normalized spacial score (nSPS) is 12.9. The van der Waals surface area contributed by atoms with Gasteiger partial charge in [-0.3, -0.25) is 0 Å². The number of aromatic nitrogens is 3. The molecule has 1 aliphatic carbocycles. The van der Waals surface area contributed by atoms with Crippen LogP contribution >= 0.6 is 0 Å². The quantitative estimate of drug-likeness (QED) is 0.156. The predicted octanol–water partition coefficient (Wildman–Crippen LogP) is 17.3. The van der Waals surface area contributed by atoms with Gasteiger partial charge < -0.3 is 18.6 Å². The third-order valence-electron chi connectivity index (χ3n) is 14.8. The molecule has 10 aromatic carbocycles. The number of hydrogen-bond acceptors (Lipinski definition) is 1. The maximum Gasteiger partial charge on any atom is 0.0562 e. The van der Waals surface area contributed by atoms with Gasteiger partial charge in [-0.15, -0.1) is 0 Å². The van der Waals surface area contributed by atoms with Crippen molar-refractivity contribution in [2.75, 3.05) is 4.90 Å². The minimum Gasteiger partial charge on any atom is -0.316 e. The molecule has 4 heteroatoms. The fraction of sp³-hybridized carbons (Fsp3) is 0.0462. The van der Waals surface area contributed by atoms with Crippen molar-refractivity contribution in [2.45, 2.75) is 19.3 Å². The number of para-hydroxylation sites is 3. The van der Waals surface area contributed by atoms with E-state index in [0.29, 0.717) is 0 Å². The van der Waals surface area contributed by atoms with E-state index in [9.17, 15) is 0 Å². The van der Waals surface area contributed by atoms with Gasteiger partial charge in [-0.05, 0) is 143 Å². The van der Waals surface area contributed by atoms with E-state index in [1.54, 1.807) is 0 Å². The van der Waals surface area contributed by atoms with Gasteiger partial charge in [0.1, 0.15) is 0 Å². The first-order valence-electron chi connectivity index (χ1n) is 23.9. The molecule has 0 N–H and O–H groups in total. The van der Waals surface area contributed by atoms with Gasteiger partial charge in [0.2, 0.25) is 0 Å². The third kappa shape index (κ3) is 6.02. The SMILES string of the molecule is CC1(C)c2ccccc2-c2ccc(N(c3ccc(-c4ccccc4)cc3)c3ccc(-n4c5cc6c7ccccc7n(-c7ccccc7)c6cc5c5cc6ccn(-c7ccccc7)c6cc54)cc3)cc21. The van der Waals surface area contributed by atoms with Crippen molar-refractivity contribution in [2.24, 2.45) is 0 Å². The Morgan fingerprint density at radius 1 is 0.333 bits per heavy atom. The molecule has 3 aromatic heterocycles. The molecule has 0 amide bonds. The Labute approximate surface area is 400 Å². The van der Waals surface area contributed by atoms with Gasteiger partial charge in [-0.2, -0.15) is 0 Å². The van der Waals surface area contributed by atoms with E-state index in [-0.39, 0.29) is 5.41 Å². The lowest BCUT2D eigenvalue weighted by molar-refractivity contribution is 0.660. The standard InChI is InChI=1S/C65H46N4/c1-65(2)58-24-14-12-22-52(58)53-35-34-51(39-59(53)65)67(48-28-26-44(27-29-48)43-16-6-3-7-17-43)49-30-32-50(33-31-49)69-63-40-56-54-23-13-15-25-60(54)68(47-20-10-5-11-21-47)62(56)41-57(63)55-38-45-36-37-66(61(45)42-64(55)69)46-18-8-4-9-19-46/h3-42H,1-2H3. The molecule has 14 rings (SSSR count). The van der Waals surface area contributed by atoms with E-state index in [0.717, 1.165) is 39.6 Å². The highest BCUT2D eigenvalue weighted by molar-refractivity contribution is 6.20. The van der Waals surface area contributed by atoms with Crippen molar-refractivity contribution in [1.29, 1.82) is 0 Å². The van der Waals surface area contributed by atoms with Crippen LogP contribution in [0.15, 0.2) is 243 Å². The maximum absolute atomic E-state index is 2.48. The molecule has 326 valence electrons. The molecule has 0 unspecified atom stereocenters. The van der Waals surface area contributed by atoms with Crippen LogP contribution in [0.5, 0.6) is 0 Å². The summed E-state index contributed by atoms with van der Waals surface area (Å²) in [7, 11) is 0. The van der Waals surface area contributed by atoms with Crippen molar-refractivity contribution in [3.63, 3.8) is 0 Å². The zero-order valence-corrected chi connectivity index (χ0v) is 38.4. The van der Waals surface area contributed by atoms with Crippen LogP contribution in [0.2, 0.25) is 0 Å². The second-order valence-electron chi connectivity index (χ2n) is 19.0. The van der Waals surface area contributed by atoms with Crippen LogP contribution in [0.4, 0.5) is 17.1 Å². The lowest BCUT2D eigenvalue weighted by Crippen LogP contribution is -2.16. The number of hydrogen-bond donors (Lipinski definition) is 0. The Morgan fingerprint density at radius 2 is 0.855 bits per heavy atom. The molecule has 0 fully saturated rings. The molecule has 0 aliphatic heterocycles. The largest absolute Gasteiger partial charge is 0.316 e. The molecule has 1 aliphatic rings. The molecule has 0 bridgehead atoms. The van der Waals surface area contributed by atoms with Gasteiger partial charge >= 0.3 is 0 Å². The topological polar surface area (TPSA) is 18.0 Å². The molecule has 0 spiro atoms. The Kier molecular flexibility index (Phi) is 8.59. The number of anilines is 3. The highest BCUT2D eigenvalue weighted by Crippen LogP contribution is 2.51. The van der Waals surface area contributed by atoms with Gasteiger partial charge in [0, 0.05) is 72.7 Å². The van der Waals surface area contributed by atoms with E-state index in [2.05, 4.69) is 275 Å². The lowest BCUT2D eigenvalue weighted by atomic mass is 9.82. The van der Waals surface area contributed by atoms with Crippen LogP contribution in [0.3, 0.4) is 0 Å². The van der Waals surface area contributed by atoms with Crippen molar-refractivity contribution in [1.82, 2.24) is 13.7 Å². The monoisotopic (exact) mass is 882 g/mol. The zero-order valence-electron chi connectivity index (χ0n) is 38.4. The molecular formula is C65H46N4. The summed E-state index contributed by atoms with van der Waals surface area (Å²) in [4.78, 5) is 2.42. The molecular weight excluding hydrogens is 837 g/mol. The van der Waals surface area contributed by atoms with Crippen molar-refractivity contribution in [3.05, 3.63) is 254 Å². The molecule has 0 saturated carbocycles. The predicted molar refractivity (Wildman–Crippen MR) is 290 cm³/mol. The number of benzene rings is 10. The highest BCUT2D eigenvalue weighted by atomic mass is 15.1. The fourth-order valence-electron chi connectivity index (χ4n) is 11.5. The summed E-state index contributed by atoms with van der Waals surface area (Å²) in [5.41, 5.74) is 20.3. The number of fused-ring (bicyclic) bond motifs is 10. The van der Waals surface area contributed by atoms with Gasteiger partial charge in [-0.25, -0.2) is 0 Å². The second-order valence-corrected chi connectivity index (χ2v) is 19.0. The van der Waals surface area contributed by atoms with Crippen molar-refractivity contribution >= 4 is 71.6 Å². The molecule has 0 saturated heterocycles. The minimum absolute atomic E-state index is 0.129. The van der Waals surface area contributed by atoms with E-state index in [1.807, 2.05) is 0 Å². The first-order chi connectivity index (χ1) is 34.0. The summed E-state index contributed by atoms with van der Waals surface area (Å²) in [6.45, 7) is 4.72. The lowest BCUT2D eigenvalue weighted by Gasteiger charge is -2.28. The van der Waals surface area contributed by atoms with E-state index in [4.69, 9.17) is 0 Å². The smallest absolute Gasteiger partial charge is 0.0562 e. The fourth-order valence-corrected chi connectivity index (χ4v) is 11.5. The third-order valence-corrected chi connectivity index (χ3v) is 14.8. The average molecular weight is 883 g/mol. The zero-order chi connectivity index (χ0) is 45.8. The van der Waals surface area contributed by atoms with Crippen LogP contribution in [0, 0.1) is 0 Å². The maximum atomic E-state index is 2.48.